The average Bonchev–Trinajstić information content (AvgIpc) is 2.90. The molecule has 106 valence electrons. The predicted octanol–water partition coefficient (Wildman–Crippen LogP) is 1.22. The Labute approximate surface area is 118 Å². The Kier molecular flexibility index (Phi) is 4.99. The molecule has 5 nitrogen and oxygen atoms in total. The van der Waals surface area contributed by atoms with E-state index in [1.165, 1.54) is 0 Å². The van der Waals surface area contributed by atoms with E-state index < -0.39 is 0 Å². The van der Waals surface area contributed by atoms with Crippen LogP contribution in [0.25, 0.3) is 0 Å². The summed E-state index contributed by atoms with van der Waals surface area (Å²) in [5.41, 5.74) is 7.90. The van der Waals surface area contributed by atoms with Gasteiger partial charge in [0.2, 0.25) is 0 Å². The van der Waals surface area contributed by atoms with E-state index in [9.17, 15) is 4.79 Å². The number of nitrogens with one attached hydrogen (secondary N) is 2. The van der Waals surface area contributed by atoms with E-state index in [1.807, 2.05) is 25.1 Å². The molecule has 0 spiro atoms. The lowest BCUT2D eigenvalue weighted by molar-refractivity contribution is 0.189. The second-order valence-electron chi connectivity index (χ2n) is 4.71. The third-order valence-electron chi connectivity index (χ3n) is 3.01. The van der Waals surface area contributed by atoms with Gasteiger partial charge >= 0.3 is 6.03 Å². The first-order chi connectivity index (χ1) is 9.69. The summed E-state index contributed by atoms with van der Waals surface area (Å²) in [7, 11) is 0. The minimum atomic E-state index is -0.234. The van der Waals surface area contributed by atoms with Crippen LogP contribution in [0, 0.1) is 18.8 Å². The van der Waals surface area contributed by atoms with Crippen LogP contribution in [-0.2, 0) is 4.74 Å². The highest BCUT2D eigenvalue weighted by Crippen LogP contribution is 2.16. The summed E-state index contributed by atoms with van der Waals surface area (Å²) >= 11 is 0. The van der Waals surface area contributed by atoms with Crippen LogP contribution in [0.5, 0.6) is 0 Å². The minimum absolute atomic E-state index is 0.0818. The van der Waals surface area contributed by atoms with Gasteiger partial charge in [-0.25, -0.2) is 4.79 Å². The molecule has 0 aromatic heterocycles. The van der Waals surface area contributed by atoms with E-state index in [0.29, 0.717) is 25.4 Å². The van der Waals surface area contributed by atoms with Crippen molar-refractivity contribution in [1.29, 1.82) is 0 Å². The summed E-state index contributed by atoms with van der Waals surface area (Å²) in [6, 6.07) is 5.58. The number of rotatable bonds is 2. The normalized spacial score (nSPS) is 17.2. The van der Waals surface area contributed by atoms with E-state index in [0.717, 1.165) is 17.5 Å². The summed E-state index contributed by atoms with van der Waals surface area (Å²) in [4.78, 5) is 12.0. The van der Waals surface area contributed by atoms with Gasteiger partial charge in [0.15, 0.2) is 0 Å². The molecule has 1 aromatic rings. The number of carbonyl (C=O) groups is 1. The molecule has 1 aliphatic heterocycles. The average molecular weight is 273 g/mol. The molecule has 0 saturated carbocycles. The van der Waals surface area contributed by atoms with Crippen molar-refractivity contribution in [2.24, 2.45) is 5.73 Å². The molecule has 1 aliphatic rings. The van der Waals surface area contributed by atoms with Crippen molar-refractivity contribution < 1.29 is 9.53 Å². The van der Waals surface area contributed by atoms with Gasteiger partial charge in [-0.2, -0.15) is 0 Å². The Balaban J connectivity index is 2.06. The maximum atomic E-state index is 12.0. The molecule has 20 heavy (non-hydrogen) atoms. The lowest BCUT2D eigenvalue weighted by atomic mass is 10.1. The fourth-order valence-corrected chi connectivity index (χ4v) is 2.01. The smallest absolute Gasteiger partial charge is 0.319 e. The molecule has 2 amide bonds. The number of aryl methyl sites for hydroxylation is 1. The van der Waals surface area contributed by atoms with E-state index in [4.69, 9.17) is 10.5 Å². The van der Waals surface area contributed by atoms with E-state index in [2.05, 4.69) is 22.5 Å². The standard InChI is InChI=1S/C15H19N3O2/c1-11-4-5-12(3-2-7-16)14(9-11)18-15(19)17-13-6-8-20-10-13/h4-5,9,13H,6-8,10,16H2,1H3,(H2,17,18,19). The summed E-state index contributed by atoms with van der Waals surface area (Å²) in [6.07, 6.45) is 0.848. The molecule has 1 unspecified atom stereocenters. The zero-order valence-electron chi connectivity index (χ0n) is 11.5. The number of anilines is 1. The van der Waals surface area contributed by atoms with Crippen molar-refractivity contribution in [2.75, 3.05) is 25.1 Å². The number of benzene rings is 1. The zero-order chi connectivity index (χ0) is 14.4. The van der Waals surface area contributed by atoms with Crippen LogP contribution in [0.15, 0.2) is 18.2 Å². The van der Waals surface area contributed by atoms with Crippen LogP contribution in [0.1, 0.15) is 17.5 Å². The first-order valence-electron chi connectivity index (χ1n) is 6.64. The molecule has 0 radical (unpaired) electrons. The number of urea groups is 1. The highest BCUT2D eigenvalue weighted by atomic mass is 16.5. The number of hydrogen-bond acceptors (Lipinski definition) is 3. The summed E-state index contributed by atoms with van der Waals surface area (Å²) < 4.78 is 5.23. The molecule has 0 aliphatic carbocycles. The molecular formula is C15H19N3O2. The Morgan fingerprint density at radius 3 is 3.10 bits per heavy atom. The van der Waals surface area contributed by atoms with Gasteiger partial charge in [0.1, 0.15) is 0 Å². The lowest BCUT2D eigenvalue weighted by Crippen LogP contribution is -2.38. The van der Waals surface area contributed by atoms with Gasteiger partial charge in [-0.05, 0) is 31.0 Å². The highest BCUT2D eigenvalue weighted by Gasteiger charge is 2.18. The molecule has 1 heterocycles. The Hall–Kier alpha value is -2.03. The topological polar surface area (TPSA) is 76.4 Å². The Bertz CT molecular complexity index is 540. The van der Waals surface area contributed by atoms with Gasteiger partial charge in [-0.1, -0.05) is 17.9 Å². The summed E-state index contributed by atoms with van der Waals surface area (Å²) in [5.74, 6) is 5.75. The van der Waals surface area contributed by atoms with E-state index in [1.54, 1.807) is 0 Å². The van der Waals surface area contributed by atoms with Gasteiger partial charge < -0.3 is 21.1 Å². The predicted molar refractivity (Wildman–Crippen MR) is 78.5 cm³/mol. The Morgan fingerprint density at radius 1 is 1.55 bits per heavy atom. The van der Waals surface area contributed by atoms with Crippen LogP contribution in [0.2, 0.25) is 0 Å². The van der Waals surface area contributed by atoms with Gasteiger partial charge in [0.05, 0.1) is 24.9 Å². The molecule has 1 saturated heterocycles. The number of hydrogen-bond donors (Lipinski definition) is 3. The maximum absolute atomic E-state index is 12.0. The number of amides is 2. The number of nitrogens with two attached hydrogens (primary N) is 1. The van der Waals surface area contributed by atoms with E-state index >= 15 is 0 Å². The van der Waals surface area contributed by atoms with Crippen molar-refractivity contribution in [2.45, 2.75) is 19.4 Å². The Morgan fingerprint density at radius 2 is 2.40 bits per heavy atom. The van der Waals surface area contributed by atoms with Crippen molar-refractivity contribution in [3.05, 3.63) is 29.3 Å². The summed E-state index contributed by atoms with van der Waals surface area (Å²) in [5, 5.41) is 5.72. The van der Waals surface area contributed by atoms with Crippen molar-refractivity contribution >= 4 is 11.7 Å². The molecule has 1 atom stereocenters. The molecule has 1 aromatic carbocycles. The molecule has 2 rings (SSSR count). The first kappa shape index (κ1) is 14.4. The maximum Gasteiger partial charge on any atom is 0.319 e. The third-order valence-corrected chi connectivity index (χ3v) is 3.01. The fourth-order valence-electron chi connectivity index (χ4n) is 2.01. The fraction of sp³-hybridized carbons (Fsp3) is 0.400. The molecule has 0 bridgehead atoms. The van der Waals surface area contributed by atoms with Crippen LogP contribution >= 0.6 is 0 Å². The van der Waals surface area contributed by atoms with E-state index in [-0.39, 0.29) is 12.1 Å². The molecule has 5 heteroatoms. The van der Waals surface area contributed by atoms with Gasteiger partial charge in [0.25, 0.3) is 0 Å². The minimum Gasteiger partial charge on any atom is -0.379 e. The van der Waals surface area contributed by atoms with Crippen LogP contribution in [-0.4, -0.2) is 31.8 Å². The monoisotopic (exact) mass is 273 g/mol. The number of ether oxygens (including phenoxy) is 1. The first-order valence-corrected chi connectivity index (χ1v) is 6.64. The molecular weight excluding hydrogens is 254 g/mol. The van der Waals surface area contributed by atoms with Gasteiger partial charge in [0, 0.05) is 12.2 Å². The zero-order valence-corrected chi connectivity index (χ0v) is 11.5. The largest absolute Gasteiger partial charge is 0.379 e. The van der Waals surface area contributed by atoms with Gasteiger partial charge in [-0.3, -0.25) is 0 Å². The van der Waals surface area contributed by atoms with Crippen LogP contribution in [0.4, 0.5) is 10.5 Å². The SMILES string of the molecule is Cc1ccc(C#CCN)c(NC(=O)NC2CCOC2)c1. The molecule has 1 fully saturated rings. The van der Waals surface area contributed by atoms with Crippen molar-refractivity contribution in [3.63, 3.8) is 0 Å². The van der Waals surface area contributed by atoms with Crippen LogP contribution in [0.3, 0.4) is 0 Å². The third kappa shape index (κ3) is 3.98. The second kappa shape index (κ2) is 6.94. The summed E-state index contributed by atoms with van der Waals surface area (Å²) in [6.45, 7) is 3.52. The van der Waals surface area contributed by atoms with Crippen LogP contribution < -0.4 is 16.4 Å². The van der Waals surface area contributed by atoms with Crippen molar-refractivity contribution in [1.82, 2.24) is 5.32 Å². The van der Waals surface area contributed by atoms with Gasteiger partial charge in [-0.15, -0.1) is 0 Å². The quantitative estimate of drug-likeness (QED) is 0.709. The lowest BCUT2D eigenvalue weighted by Gasteiger charge is -2.13. The van der Waals surface area contributed by atoms with Crippen molar-refractivity contribution in [3.8, 4) is 11.8 Å². The second-order valence-corrected chi connectivity index (χ2v) is 4.71. The molecule has 4 N–H and O–H groups in total. The highest BCUT2D eigenvalue weighted by molar-refractivity contribution is 5.91. The number of carbonyl (C=O) groups excluding carboxylic acids is 1.